The average Bonchev–Trinajstić information content (AvgIpc) is 3.20. The quantitative estimate of drug-likeness (QED) is 0.341. The van der Waals surface area contributed by atoms with E-state index in [0.717, 1.165) is 27.8 Å². The van der Waals surface area contributed by atoms with Crippen LogP contribution in [-0.2, 0) is 20.8 Å². The first-order valence-electron chi connectivity index (χ1n) is 12.7. The predicted molar refractivity (Wildman–Crippen MR) is 146 cm³/mol. The van der Waals surface area contributed by atoms with Gasteiger partial charge in [-0.3, -0.25) is 14.4 Å². The first-order valence-corrected chi connectivity index (χ1v) is 13.1. The first-order chi connectivity index (χ1) is 18.5. The highest BCUT2D eigenvalue weighted by Crippen LogP contribution is 2.61. The number of halogens is 1. The van der Waals surface area contributed by atoms with Gasteiger partial charge in [0.2, 0.25) is 17.7 Å². The van der Waals surface area contributed by atoms with Gasteiger partial charge >= 0.3 is 0 Å². The van der Waals surface area contributed by atoms with Crippen molar-refractivity contribution in [3.05, 3.63) is 130 Å². The highest BCUT2D eigenvalue weighted by atomic mass is 35.5. The molecule has 1 heterocycles. The van der Waals surface area contributed by atoms with Crippen LogP contribution in [0, 0.1) is 11.8 Å². The van der Waals surface area contributed by atoms with Crippen LogP contribution in [0.15, 0.2) is 97.1 Å². The molecule has 0 saturated carbocycles. The second kappa shape index (κ2) is 8.67. The summed E-state index contributed by atoms with van der Waals surface area (Å²) in [7, 11) is 0. The summed E-state index contributed by atoms with van der Waals surface area (Å²) in [6, 6.07) is 30.7. The van der Waals surface area contributed by atoms with E-state index in [4.69, 9.17) is 11.6 Å². The monoisotopic (exact) mass is 518 g/mol. The van der Waals surface area contributed by atoms with Crippen molar-refractivity contribution in [3.8, 4) is 0 Å². The van der Waals surface area contributed by atoms with E-state index in [1.165, 1.54) is 4.90 Å². The zero-order valence-electron chi connectivity index (χ0n) is 20.3. The Labute approximate surface area is 225 Å². The summed E-state index contributed by atoms with van der Waals surface area (Å²) in [4.78, 5) is 41.7. The van der Waals surface area contributed by atoms with Crippen molar-refractivity contribution in [2.45, 2.75) is 18.3 Å². The van der Waals surface area contributed by atoms with Crippen molar-refractivity contribution in [2.24, 2.45) is 11.8 Å². The Balaban J connectivity index is 1.21. The minimum Gasteiger partial charge on any atom is -0.324 e. The second-order valence-electron chi connectivity index (χ2n) is 10.2. The molecule has 1 aliphatic heterocycles. The van der Waals surface area contributed by atoms with Gasteiger partial charge in [0.15, 0.2) is 0 Å². The van der Waals surface area contributed by atoms with Crippen LogP contribution in [0.5, 0.6) is 0 Å². The fraction of sp³-hybridized carbons (Fsp3) is 0.156. The number of imide groups is 1. The van der Waals surface area contributed by atoms with E-state index in [1.54, 1.807) is 18.2 Å². The van der Waals surface area contributed by atoms with Crippen LogP contribution in [0.25, 0.3) is 0 Å². The van der Waals surface area contributed by atoms with Crippen molar-refractivity contribution < 1.29 is 14.4 Å². The molecule has 0 aromatic heterocycles. The summed E-state index contributed by atoms with van der Waals surface area (Å²) in [6.45, 7) is 0. The van der Waals surface area contributed by atoms with Gasteiger partial charge in [0.25, 0.3) is 0 Å². The SMILES string of the molecule is O=C(Cc1ccccc1)Nc1ccc(N2C(=O)C3C4c5ccccc5C(c5ccccc54)C3C2=O)cc1Cl. The van der Waals surface area contributed by atoms with Gasteiger partial charge in [0, 0.05) is 11.8 Å². The maximum Gasteiger partial charge on any atom is 0.238 e. The van der Waals surface area contributed by atoms with E-state index in [2.05, 4.69) is 29.6 Å². The molecule has 3 amide bonds. The minimum atomic E-state index is -0.457. The fourth-order valence-electron chi connectivity index (χ4n) is 6.65. The zero-order valence-corrected chi connectivity index (χ0v) is 21.1. The van der Waals surface area contributed by atoms with Crippen LogP contribution in [0.2, 0.25) is 5.02 Å². The third-order valence-electron chi connectivity index (χ3n) is 8.14. The van der Waals surface area contributed by atoms with Gasteiger partial charge in [-0.2, -0.15) is 0 Å². The molecule has 186 valence electrons. The predicted octanol–water partition coefficient (Wildman–Crippen LogP) is 5.92. The number of carbonyl (C=O) groups is 3. The van der Waals surface area contributed by atoms with Crippen molar-refractivity contribution >= 4 is 40.7 Å². The van der Waals surface area contributed by atoms with Gasteiger partial charge in [-0.1, -0.05) is 90.5 Å². The lowest BCUT2D eigenvalue weighted by molar-refractivity contribution is -0.122. The third-order valence-corrected chi connectivity index (χ3v) is 8.45. The van der Waals surface area contributed by atoms with Crippen molar-refractivity contribution in [1.82, 2.24) is 0 Å². The summed E-state index contributed by atoms with van der Waals surface area (Å²) >= 11 is 6.55. The molecule has 1 fully saturated rings. The number of hydrogen-bond donors (Lipinski definition) is 1. The van der Waals surface area contributed by atoms with E-state index in [9.17, 15) is 14.4 Å². The van der Waals surface area contributed by atoms with Crippen LogP contribution < -0.4 is 10.2 Å². The van der Waals surface area contributed by atoms with E-state index in [0.29, 0.717) is 11.4 Å². The summed E-state index contributed by atoms with van der Waals surface area (Å²) in [5, 5.41) is 3.11. The number of nitrogens with one attached hydrogen (secondary N) is 1. The Morgan fingerprint density at radius 2 is 1.21 bits per heavy atom. The van der Waals surface area contributed by atoms with Gasteiger partial charge in [-0.25, -0.2) is 4.90 Å². The van der Waals surface area contributed by atoms with Gasteiger partial charge in [0.05, 0.1) is 34.7 Å². The zero-order chi connectivity index (χ0) is 26.0. The van der Waals surface area contributed by atoms with Crippen molar-refractivity contribution in [2.75, 3.05) is 10.2 Å². The second-order valence-corrected chi connectivity index (χ2v) is 10.6. The molecule has 5 nitrogen and oxygen atoms in total. The van der Waals surface area contributed by atoms with Crippen molar-refractivity contribution in [1.29, 1.82) is 0 Å². The molecule has 1 saturated heterocycles. The molecule has 3 aliphatic carbocycles. The van der Waals surface area contributed by atoms with Crippen LogP contribution in [0.4, 0.5) is 11.4 Å². The fourth-order valence-corrected chi connectivity index (χ4v) is 6.87. The lowest BCUT2D eigenvalue weighted by Crippen LogP contribution is -2.41. The molecule has 4 aromatic carbocycles. The normalized spacial score (nSPS) is 22.6. The van der Waals surface area contributed by atoms with Crippen LogP contribution in [0.3, 0.4) is 0 Å². The third kappa shape index (κ3) is 3.35. The number of nitrogens with zero attached hydrogens (tertiary/aromatic N) is 1. The molecule has 0 radical (unpaired) electrons. The molecule has 2 bridgehead atoms. The van der Waals surface area contributed by atoms with Crippen LogP contribution in [-0.4, -0.2) is 17.7 Å². The van der Waals surface area contributed by atoms with E-state index >= 15 is 0 Å². The molecule has 4 aromatic rings. The molecular weight excluding hydrogens is 496 g/mol. The van der Waals surface area contributed by atoms with E-state index in [1.807, 2.05) is 54.6 Å². The van der Waals surface area contributed by atoms with Gasteiger partial charge in [0.1, 0.15) is 0 Å². The van der Waals surface area contributed by atoms with Crippen LogP contribution >= 0.6 is 11.6 Å². The Hall–Kier alpha value is -4.22. The molecule has 0 spiro atoms. The summed E-state index contributed by atoms with van der Waals surface area (Å²) in [6.07, 6.45) is 0.218. The molecular formula is C32H23ClN2O3. The number of rotatable bonds is 4. The van der Waals surface area contributed by atoms with Gasteiger partial charge in [-0.15, -0.1) is 0 Å². The highest BCUT2D eigenvalue weighted by molar-refractivity contribution is 6.34. The molecule has 2 unspecified atom stereocenters. The number of carbonyl (C=O) groups excluding carboxylic acids is 3. The highest BCUT2D eigenvalue weighted by Gasteiger charge is 2.61. The van der Waals surface area contributed by atoms with Crippen LogP contribution in [0.1, 0.15) is 39.7 Å². The Morgan fingerprint density at radius 1 is 0.711 bits per heavy atom. The molecule has 6 heteroatoms. The number of hydrogen-bond acceptors (Lipinski definition) is 3. The van der Waals surface area contributed by atoms with Crippen molar-refractivity contribution in [3.63, 3.8) is 0 Å². The molecule has 1 N–H and O–H groups in total. The minimum absolute atomic E-state index is 0.161. The van der Waals surface area contributed by atoms with Gasteiger partial charge < -0.3 is 5.32 Å². The summed E-state index contributed by atoms with van der Waals surface area (Å²) < 4.78 is 0. The van der Waals surface area contributed by atoms with E-state index < -0.39 is 11.8 Å². The Bertz CT molecular complexity index is 1520. The molecule has 2 atom stereocenters. The maximum absolute atomic E-state index is 13.9. The standard InChI is InChI=1S/C32H23ClN2O3/c33-24-17-19(14-15-25(24)34-26(36)16-18-8-2-1-3-9-18)35-31(37)29-27-20-10-4-5-11-21(20)28(30(29)32(35)38)23-13-7-6-12-22(23)27/h1-15,17,27-30H,16H2,(H,34,36). The Kier molecular flexibility index (Phi) is 5.24. The molecule has 38 heavy (non-hydrogen) atoms. The molecule has 8 rings (SSSR count). The van der Waals surface area contributed by atoms with Gasteiger partial charge in [-0.05, 0) is 46.0 Å². The maximum atomic E-state index is 13.9. The number of benzene rings is 4. The Morgan fingerprint density at radius 3 is 1.71 bits per heavy atom. The number of amides is 3. The lowest BCUT2D eigenvalue weighted by Gasteiger charge is -2.45. The largest absolute Gasteiger partial charge is 0.324 e. The summed E-state index contributed by atoms with van der Waals surface area (Å²) in [5.41, 5.74) is 6.29. The smallest absolute Gasteiger partial charge is 0.238 e. The first kappa shape index (κ1) is 22.9. The summed E-state index contributed by atoms with van der Waals surface area (Å²) in [5.74, 6) is -1.83. The average molecular weight is 519 g/mol. The number of anilines is 2. The molecule has 4 aliphatic rings. The topological polar surface area (TPSA) is 66.5 Å². The van der Waals surface area contributed by atoms with E-state index in [-0.39, 0.29) is 41.0 Å². The lowest BCUT2D eigenvalue weighted by atomic mass is 9.55.